The lowest BCUT2D eigenvalue weighted by Crippen LogP contribution is -1.89. The van der Waals surface area contributed by atoms with E-state index in [1.54, 1.807) is 0 Å². The highest BCUT2D eigenvalue weighted by Crippen LogP contribution is 2.25. The summed E-state index contributed by atoms with van der Waals surface area (Å²) in [6.07, 6.45) is 2.74. The average molecular weight is 234 g/mol. The Bertz CT molecular complexity index is 578. The molecule has 0 saturated heterocycles. The fourth-order valence-corrected chi connectivity index (χ4v) is 1.53. The molecule has 0 spiro atoms. The van der Waals surface area contributed by atoms with Crippen molar-refractivity contribution in [2.24, 2.45) is 0 Å². The quantitative estimate of drug-likeness (QED) is 0.761. The van der Waals surface area contributed by atoms with Crippen molar-refractivity contribution in [2.75, 3.05) is 0 Å². The third-order valence-electron chi connectivity index (χ3n) is 1.97. The molecule has 0 bridgehead atoms. The first-order chi connectivity index (χ1) is 7.70. The van der Waals surface area contributed by atoms with Crippen LogP contribution >= 0.6 is 11.6 Å². The van der Waals surface area contributed by atoms with Crippen molar-refractivity contribution in [1.29, 1.82) is 5.26 Å². The van der Waals surface area contributed by atoms with Gasteiger partial charge in [0, 0.05) is 11.8 Å². The molecule has 2 aromatic rings. The third kappa shape index (κ3) is 2.00. The minimum absolute atomic E-state index is 0.227. The first-order valence-corrected chi connectivity index (χ1v) is 4.75. The SMILES string of the molecule is N#Cc1cc(F)cc(-c2ncncc2Cl)c1. The van der Waals surface area contributed by atoms with Crippen molar-refractivity contribution in [3.05, 3.63) is 47.1 Å². The van der Waals surface area contributed by atoms with Crippen LogP contribution in [0.3, 0.4) is 0 Å². The number of nitrogens with zero attached hydrogens (tertiary/aromatic N) is 3. The van der Waals surface area contributed by atoms with Crippen LogP contribution in [0.25, 0.3) is 11.3 Å². The van der Waals surface area contributed by atoms with Gasteiger partial charge in [0.05, 0.1) is 22.3 Å². The summed E-state index contributed by atoms with van der Waals surface area (Å²) in [7, 11) is 0. The van der Waals surface area contributed by atoms with E-state index < -0.39 is 5.82 Å². The lowest BCUT2D eigenvalue weighted by Gasteiger charge is -2.03. The average Bonchev–Trinajstić information content (AvgIpc) is 2.28. The van der Waals surface area contributed by atoms with Gasteiger partial charge in [0.25, 0.3) is 0 Å². The van der Waals surface area contributed by atoms with Gasteiger partial charge in [0.15, 0.2) is 0 Å². The molecule has 1 aromatic carbocycles. The van der Waals surface area contributed by atoms with Crippen LogP contribution in [-0.2, 0) is 0 Å². The summed E-state index contributed by atoms with van der Waals surface area (Å²) in [6.45, 7) is 0. The molecule has 0 radical (unpaired) electrons. The summed E-state index contributed by atoms with van der Waals surface area (Å²) < 4.78 is 13.2. The van der Waals surface area contributed by atoms with Gasteiger partial charge in [-0.2, -0.15) is 5.26 Å². The zero-order valence-corrected chi connectivity index (χ0v) is 8.74. The summed E-state index contributed by atoms with van der Waals surface area (Å²) in [6, 6.07) is 5.82. The molecule has 0 amide bonds. The van der Waals surface area contributed by atoms with E-state index in [9.17, 15) is 4.39 Å². The second-order valence-corrected chi connectivity index (χ2v) is 3.47. The zero-order chi connectivity index (χ0) is 11.5. The Labute approximate surface area is 96.2 Å². The molecule has 0 saturated carbocycles. The van der Waals surface area contributed by atoms with Crippen molar-refractivity contribution in [2.45, 2.75) is 0 Å². The standard InChI is InChI=1S/C11H5ClFN3/c12-10-5-15-6-16-11(10)8-1-7(4-14)2-9(13)3-8/h1-3,5-6H. The summed E-state index contributed by atoms with van der Waals surface area (Å²) in [4.78, 5) is 7.68. The van der Waals surface area contributed by atoms with E-state index in [0.717, 1.165) is 6.07 Å². The molecule has 16 heavy (non-hydrogen) atoms. The zero-order valence-electron chi connectivity index (χ0n) is 7.98. The van der Waals surface area contributed by atoms with Gasteiger partial charge in [-0.3, -0.25) is 0 Å². The smallest absolute Gasteiger partial charge is 0.125 e. The monoisotopic (exact) mass is 233 g/mol. The van der Waals surface area contributed by atoms with Crippen LogP contribution in [0, 0.1) is 17.1 Å². The Kier molecular flexibility index (Phi) is 2.80. The number of hydrogen-bond acceptors (Lipinski definition) is 3. The van der Waals surface area contributed by atoms with Gasteiger partial charge in [0.2, 0.25) is 0 Å². The lowest BCUT2D eigenvalue weighted by atomic mass is 10.1. The van der Waals surface area contributed by atoms with Gasteiger partial charge in [-0.1, -0.05) is 11.6 Å². The number of benzene rings is 1. The fourth-order valence-electron chi connectivity index (χ4n) is 1.32. The molecule has 0 aliphatic carbocycles. The Morgan fingerprint density at radius 2 is 2.12 bits per heavy atom. The first kappa shape index (κ1) is 10.5. The van der Waals surface area contributed by atoms with Gasteiger partial charge in [-0.15, -0.1) is 0 Å². The van der Waals surface area contributed by atoms with Crippen molar-refractivity contribution < 1.29 is 4.39 Å². The van der Waals surface area contributed by atoms with E-state index in [1.165, 1.54) is 24.7 Å². The van der Waals surface area contributed by atoms with Gasteiger partial charge in [-0.25, -0.2) is 14.4 Å². The van der Waals surface area contributed by atoms with Gasteiger partial charge >= 0.3 is 0 Å². The maximum atomic E-state index is 13.2. The van der Waals surface area contributed by atoms with Crippen molar-refractivity contribution in [1.82, 2.24) is 9.97 Å². The number of nitriles is 1. The molecule has 0 N–H and O–H groups in total. The van der Waals surface area contributed by atoms with Crippen molar-refractivity contribution in [3.8, 4) is 17.3 Å². The largest absolute Gasteiger partial charge is 0.243 e. The van der Waals surface area contributed by atoms with Gasteiger partial charge in [-0.05, 0) is 18.2 Å². The summed E-state index contributed by atoms with van der Waals surface area (Å²) in [5.74, 6) is -0.497. The maximum absolute atomic E-state index is 13.2. The van der Waals surface area contributed by atoms with E-state index >= 15 is 0 Å². The highest BCUT2D eigenvalue weighted by molar-refractivity contribution is 6.32. The molecule has 0 aliphatic heterocycles. The Morgan fingerprint density at radius 3 is 2.81 bits per heavy atom. The normalized spacial score (nSPS) is 9.81. The molecule has 78 valence electrons. The molecule has 0 atom stereocenters. The minimum Gasteiger partial charge on any atom is -0.243 e. The van der Waals surface area contributed by atoms with Crippen LogP contribution in [0.15, 0.2) is 30.7 Å². The number of halogens is 2. The minimum atomic E-state index is -0.497. The van der Waals surface area contributed by atoms with Crippen LogP contribution in [0.2, 0.25) is 5.02 Å². The summed E-state index contributed by atoms with van der Waals surface area (Å²) in [5, 5.41) is 9.04. The van der Waals surface area contributed by atoms with E-state index in [1.807, 2.05) is 6.07 Å². The Morgan fingerprint density at radius 1 is 1.31 bits per heavy atom. The molecular formula is C11H5ClFN3. The highest BCUT2D eigenvalue weighted by Gasteiger charge is 2.07. The predicted molar refractivity (Wildman–Crippen MR) is 57.2 cm³/mol. The van der Waals surface area contributed by atoms with Crippen LogP contribution in [0.1, 0.15) is 5.56 Å². The molecule has 0 aliphatic rings. The van der Waals surface area contributed by atoms with E-state index in [2.05, 4.69) is 9.97 Å². The summed E-state index contributed by atoms with van der Waals surface area (Å²) in [5.41, 5.74) is 1.10. The topological polar surface area (TPSA) is 49.6 Å². The number of rotatable bonds is 1. The maximum Gasteiger partial charge on any atom is 0.125 e. The van der Waals surface area contributed by atoms with Crippen LogP contribution < -0.4 is 0 Å². The van der Waals surface area contributed by atoms with Crippen molar-refractivity contribution in [3.63, 3.8) is 0 Å². The van der Waals surface area contributed by atoms with E-state index in [-0.39, 0.29) is 5.56 Å². The molecule has 5 heteroatoms. The summed E-state index contributed by atoms with van der Waals surface area (Å²) >= 11 is 5.88. The molecule has 3 nitrogen and oxygen atoms in total. The second-order valence-electron chi connectivity index (χ2n) is 3.06. The molecule has 0 fully saturated rings. The van der Waals surface area contributed by atoms with E-state index in [0.29, 0.717) is 16.3 Å². The Balaban J connectivity index is 2.61. The third-order valence-corrected chi connectivity index (χ3v) is 2.24. The molecular weight excluding hydrogens is 229 g/mol. The molecule has 2 rings (SSSR count). The molecule has 0 unspecified atom stereocenters. The predicted octanol–water partition coefficient (Wildman–Crippen LogP) is 2.81. The fraction of sp³-hybridized carbons (Fsp3) is 0. The number of aromatic nitrogens is 2. The van der Waals surface area contributed by atoms with Crippen molar-refractivity contribution >= 4 is 11.6 Å². The highest BCUT2D eigenvalue weighted by atomic mass is 35.5. The van der Waals surface area contributed by atoms with Gasteiger partial charge < -0.3 is 0 Å². The molecule has 1 aromatic heterocycles. The number of hydrogen-bond donors (Lipinski definition) is 0. The van der Waals surface area contributed by atoms with E-state index in [4.69, 9.17) is 16.9 Å². The Hall–Kier alpha value is -1.99. The van der Waals surface area contributed by atoms with Crippen LogP contribution in [0.5, 0.6) is 0 Å². The van der Waals surface area contributed by atoms with Gasteiger partial charge in [0.1, 0.15) is 12.1 Å². The van der Waals surface area contributed by atoms with Crippen LogP contribution in [-0.4, -0.2) is 9.97 Å². The lowest BCUT2D eigenvalue weighted by molar-refractivity contribution is 0.628. The second kappa shape index (κ2) is 4.25. The molecule has 1 heterocycles. The first-order valence-electron chi connectivity index (χ1n) is 4.37. The van der Waals surface area contributed by atoms with Crippen LogP contribution in [0.4, 0.5) is 4.39 Å².